The maximum atomic E-state index is 11.5. The zero-order chi connectivity index (χ0) is 11.4. The van der Waals surface area contributed by atoms with E-state index in [1.54, 1.807) is 13.8 Å². The number of rotatable bonds is 5. The predicted molar refractivity (Wildman–Crippen MR) is 56.7 cm³/mol. The zero-order valence-electron chi connectivity index (χ0n) is 9.50. The highest BCUT2D eigenvalue weighted by Gasteiger charge is 2.21. The Hall–Kier alpha value is -0.610. The van der Waals surface area contributed by atoms with Crippen LogP contribution in [0.15, 0.2) is 0 Å². The van der Waals surface area contributed by atoms with Crippen molar-refractivity contribution in [1.82, 2.24) is 5.32 Å². The molecule has 0 heterocycles. The average Bonchev–Trinajstić information content (AvgIpc) is 2.13. The number of hydrogen-bond donors (Lipinski definition) is 3. The van der Waals surface area contributed by atoms with Crippen LogP contribution in [-0.4, -0.2) is 30.2 Å². The van der Waals surface area contributed by atoms with Gasteiger partial charge in [0.1, 0.15) is 0 Å². The van der Waals surface area contributed by atoms with Crippen molar-refractivity contribution >= 4 is 5.91 Å². The number of amides is 1. The summed E-state index contributed by atoms with van der Waals surface area (Å²) in [5.74, 6) is -0.244. The predicted octanol–water partition coefficient (Wildman–Crippen LogP) is 0.104. The molecule has 0 fully saturated rings. The lowest BCUT2D eigenvalue weighted by Crippen LogP contribution is -2.43. The smallest absolute Gasteiger partial charge is 0.224 e. The SMILES string of the molecule is CC(N)C(C)C(=O)NCC(C)(C)CO. The van der Waals surface area contributed by atoms with E-state index in [0.717, 1.165) is 0 Å². The molecule has 2 unspecified atom stereocenters. The molecule has 4 N–H and O–H groups in total. The molecular formula is C10H22N2O2. The molecule has 0 aromatic rings. The van der Waals surface area contributed by atoms with E-state index in [9.17, 15) is 4.79 Å². The van der Waals surface area contributed by atoms with Gasteiger partial charge < -0.3 is 16.2 Å². The molecule has 0 rings (SSSR count). The van der Waals surface area contributed by atoms with Gasteiger partial charge in [-0.2, -0.15) is 0 Å². The van der Waals surface area contributed by atoms with Gasteiger partial charge in [0.2, 0.25) is 5.91 Å². The molecule has 1 amide bonds. The molecule has 0 saturated carbocycles. The van der Waals surface area contributed by atoms with Gasteiger partial charge in [-0.3, -0.25) is 4.79 Å². The first kappa shape index (κ1) is 13.4. The summed E-state index contributed by atoms with van der Waals surface area (Å²) in [4.78, 5) is 11.5. The highest BCUT2D eigenvalue weighted by atomic mass is 16.3. The Morgan fingerprint density at radius 1 is 1.50 bits per heavy atom. The van der Waals surface area contributed by atoms with Crippen LogP contribution in [0.25, 0.3) is 0 Å². The summed E-state index contributed by atoms with van der Waals surface area (Å²) in [6.07, 6.45) is 0. The molecule has 0 aliphatic rings. The lowest BCUT2D eigenvalue weighted by atomic mass is 9.94. The third kappa shape index (κ3) is 4.58. The molecule has 4 heteroatoms. The molecule has 0 aliphatic carbocycles. The van der Waals surface area contributed by atoms with Gasteiger partial charge in [0.15, 0.2) is 0 Å². The molecule has 4 nitrogen and oxygen atoms in total. The number of nitrogens with two attached hydrogens (primary N) is 1. The summed E-state index contributed by atoms with van der Waals surface area (Å²) >= 11 is 0. The Balaban J connectivity index is 3.97. The van der Waals surface area contributed by atoms with Crippen LogP contribution in [-0.2, 0) is 4.79 Å². The number of carbonyl (C=O) groups is 1. The average molecular weight is 202 g/mol. The van der Waals surface area contributed by atoms with Crippen molar-refractivity contribution in [3.63, 3.8) is 0 Å². The van der Waals surface area contributed by atoms with Crippen LogP contribution >= 0.6 is 0 Å². The van der Waals surface area contributed by atoms with E-state index in [2.05, 4.69) is 5.32 Å². The van der Waals surface area contributed by atoms with Crippen molar-refractivity contribution in [3.8, 4) is 0 Å². The lowest BCUT2D eigenvalue weighted by Gasteiger charge is -2.24. The molecular weight excluding hydrogens is 180 g/mol. The maximum Gasteiger partial charge on any atom is 0.224 e. The minimum absolute atomic E-state index is 0.0541. The monoisotopic (exact) mass is 202 g/mol. The summed E-state index contributed by atoms with van der Waals surface area (Å²) in [7, 11) is 0. The molecule has 0 radical (unpaired) electrons. The molecule has 0 spiro atoms. The number of carbonyl (C=O) groups excluding carboxylic acids is 1. The minimum Gasteiger partial charge on any atom is -0.396 e. The normalized spacial score (nSPS) is 16.1. The Kier molecular flexibility index (Phi) is 5.08. The van der Waals surface area contributed by atoms with Gasteiger partial charge in [-0.1, -0.05) is 20.8 Å². The Bertz CT molecular complexity index is 191. The van der Waals surface area contributed by atoms with Gasteiger partial charge in [0.05, 0.1) is 0 Å². The molecule has 2 atom stereocenters. The standard InChI is InChI=1S/C10H22N2O2/c1-7(8(2)11)9(14)12-5-10(3,4)6-13/h7-8,13H,5-6,11H2,1-4H3,(H,12,14). The first-order valence-electron chi connectivity index (χ1n) is 4.94. The van der Waals surface area contributed by atoms with Crippen molar-refractivity contribution in [3.05, 3.63) is 0 Å². The first-order valence-corrected chi connectivity index (χ1v) is 4.94. The minimum atomic E-state index is -0.271. The van der Waals surface area contributed by atoms with Crippen LogP contribution in [0.1, 0.15) is 27.7 Å². The van der Waals surface area contributed by atoms with Crippen LogP contribution in [0, 0.1) is 11.3 Å². The summed E-state index contributed by atoms with van der Waals surface area (Å²) < 4.78 is 0. The number of aliphatic hydroxyl groups is 1. The van der Waals surface area contributed by atoms with E-state index in [-0.39, 0.29) is 29.9 Å². The third-order valence-corrected chi connectivity index (χ3v) is 2.37. The second kappa shape index (κ2) is 5.32. The van der Waals surface area contributed by atoms with Gasteiger partial charge in [0, 0.05) is 30.5 Å². The highest BCUT2D eigenvalue weighted by molar-refractivity contribution is 5.78. The highest BCUT2D eigenvalue weighted by Crippen LogP contribution is 2.11. The third-order valence-electron chi connectivity index (χ3n) is 2.37. The van der Waals surface area contributed by atoms with E-state index < -0.39 is 0 Å². The largest absolute Gasteiger partial charge is 0.396 e. The quantitative estimate of drug-likeness (QED) is 0.592. The molecule has 0 aromatic heterocycles. The Morgan fingerprint density at radius 3 is 2.36 bits per heavy atom. The second-order valence-electron chi connectivity index (χ2n) is 4.69. The second-order valence-corrected chi connectivity index (χ2v) is 4.69. The van der Waals surface area contributed by atoms with Crippen LogP contribution in [0.2, 0.25) is 0 Å². The summed E-state index contributed by atoms with van der Waals surface area (Å²) in [5, 5.41) is 11.8. The van der Waals surface area contributed by atoms with Crippen molar-refractivity contribution < 1.29 is 9.90 Å². The molecule has 14 heavy (non-hydrogen) atoms. The van der Waals surface area contributed by atoms with Crippen LogP contribution in [0.4, 0.5) is 0 Å². The number of nitrogens with one attached hydrogen (secondary N) is 1. The molecule has 84 valence electrons. The van der Waals surface area contributed by atoms with Gasteiger partial charge >= 0.3 is 0 Å². The van der Waals surface area contributed by atoms with Crippen LogP contribution < -0.4 is 11.1 Å². The maximum absolute atomic E-state index is 11.5. The van der Waals surface area contributed by atoms with E-state index >= 15 is 0 Å². The molecule has 0 aromatic carbocycles. The topological polar surface area (TPSA) is 75.4 Å². The fraction of sp³-hybridized carbons (Fsp3) is 0.900. The van der Waals surface area contributed by atoms with E-state index in [0.29, 0.717) is 6.54 Å². The summed E-state index contributed by atoms with van der Waals surface area (Å²) in [5.41, 5.74) is 5.33. The summed E-state index contributed by atoms with van der Waals surface area (Å²) in [6, 6.07) is -0.146. The van der Waals surface area contributed by atoms with Gasteiger partial charge in [-0.25, -0.2) is 0 Å². The molecule has 0 saturated heterocycles. The molecule has 0 aliphatic heterocycles. The lowest BCUT2D eigenvalue weighted by molar-refractivity contribution is -0.125. The van der Waals surface area contributed by atoms with Gasteiger partial charge in [-0.05, 0) is 6.92 Å². The van der Waals surface area contributed by atoms with E-state index in [4.69, 9.17) is 10.8 Å². The van der Waals surface area contributed by atoms with E-state index in [1.165, 1.54) is 0 Å². The fourth-order valence-corrected chi connectivity index (χ4v) is 0.782. The van der Waals surface area contributed by atoms with Crippen LogP contribution in [0.3, 0.4) is 0 Å². The number of aliphatic hydroxyl groups excluding tert-OH is 1. The van der Waals surface area contributed by atoms with Crippen molar-refractivity contribution in [2.45, 2.75) is 33.7 Å². The van der Waals surface area contributed by atoms with Crippen molar-refractivity contribution in [1.29, 1.82) is 0 Å². The van der Waals surface area contributed by atoms with E-state index in [1.807, 2.05) is 13.8 Å². The molecule has 0 bridgehead atoms. The van der Waals surface area contributed by atoms with Crippen molar-refractivity contribution in [2.24, 2.45) is 17.1 Å². The Labute approximate surface area is 85.9 Å². The summed E-state index contributed by atoms with van der Waals surface area (Å²) in [6.45, 7) is 7.92. The van der Waals surface area contributed by atoms with Gasteiger partial charge in [0.25, 0.3) is 0 Å². The number of hydrogen-bond acceptors (Lipinski definition) is 3. The van der Waals surface area contributed by atoms with Gasteiger partial charge in [-0.15, -0.1) is 0 Å². The van der Waals surface area contributed by atoms with Crippen LogP contribution in [0.5, 0.6) is 0 Å². The fourth-order valence-electron chi connectivity index (χ4n) is 0.782. The van der Waals surface area contributed by atoms with Crippen molar-refractivity contribution in [2.75, 3.05) is 13.2 Å². The first-order chi connectivity index (χ1) is 6.30. The Morgan fingerprint density at radius 2 is 2.00 bits per heavy atom. The zero-order valence-corrected chi connectivity index (χ0v) is 9.50.